The first-order chi connectivity index (χ1) is 8.24. The minimum Gasteiger partial charge on any atom is -0.357 e. The van der Waals surface area contributed by atoms with Crippen molar-refractivity contribution in [2.24, 2.45) is 0 Å². The second-order valence-electron chi connectivity index (χ2n) is 4.35. The first-order valence-corrected chi connectivity index (χ1v) is 6.58. The predicted molar refractivity (Wildman–Crippen MR) is 74.9 cm³/mol. The molecule has 0 amide bonds. The number of fused-ring (bicyclic) bond motifs is 1. The summed E-state index contributed by atoms with van der Waals surface area (Å²) in [5.41, 5.74) is 3.72. The maximum Gasteiger partial charge on any atom is 0.0648 e. The summed E-state index contributed by atoms with van der Waals surface area (Å²) in [7, 11) is 0. The van der Waals surface area contributed by atoms with Crippen LogP contribution < -0.4 is 5.32 Å². The first-order valence-electron chi connectivity index (χ1n) is 6.20. The number of aryl methyl sites for hydroxylation is 2. The molecule has 92 valence electrons. The molecule has 2 rings (SSSR count). The van der Waals surface area contributed by atoms with Crippen LogP contribution in [0.15, 0.2) is 18.2 Å². The molecular weight excluding hydrogens is 232 g/mol. The van der Waals surface area contributed by atoms with Crippen molar-refractivity contribution in [3.05, 3.63) is 34.5 Å². The van der Waals surface area contributed by atoms with Crippen molar-refractivity contribution in [3.63, 3.8) is 0 Å². The number of rotatable bonds is 5. The SMILES string of the molecule is CCNCCCc1c(C)[nH]c2c(Cl)cccc12. The van der Waals surface area contributed by atoms with Crippen LogP contribution >= 0.6 is 11.6 Å². The van der Waals surface area contributed by atoms with Gasteiger partial charge in [0.15, 0.2) is 0 Å². The summed E-state index contributed by atoms with van der Waals surface area (Å²) in [6, 6.07) is 6.10. The molecule has 0 saturated carbocycles. The van der Waals surface area contributed by atoms with Crippen LogP contribution in [0.3, 0.4) is 0 Å². The number of H-pyrrole nitrogens is 1. The van der Waals surface area contributed by atoms with Crippen molar-refractivity contribution >= 4 is 22.5 Å². The molecule has 3 heteroatoms. The second kappa shape index (κ2) is 5.56. The van der Waals surface area contributed by atoms with Crippen LogP contribution in [-0.4, -0.2) is 18.1 Å². The summed E-state index contributed by atoms with van der Waals surface area (Å²) in [6.07, 6.45) is 2.26. The number of hydrogen-bond donors (Lipinski definition) is 2. The molecule has 0 saturated heterocycles. The summed E-state index contributed by atoms with van der Waals surface area (Å²) in [4.78, 5) is 3.38. The Morgan fingerprint density at radius 2 is 2.18 bits per heavy atom. The number of halogens is 1. The van der Waals surface area contributed by atoms with E-state index in [-0.39, 0.29) is 0 Å². The van der Waals surface area contributed by atoms with Gasteiger partial charge in [-0.3, -0.25) is 0 Å². The van der Waals surface area contributed by atoms with E-state index >= 15 is 0 Å². The molecule has 1 heterocycles. The van der Waals surface area contributed by atoms with Crippen molar-refractivity contribution in [2.75, 3.05) is 13.1 Å². The highest BCUT2D eigenvalue weighted by Crippen LogP contribution is 2.28. The number of aromatic nitrogens is 1. The van der Waals surface area contributed by atoms with Gasteiger partial charge in [-0.2, -0.15) is 0 Å². The third-order valence-corrected chi connectivity index (χ3v) is 3.45. The van der Waals surface area contributed by atoms with Crippen molar-refractivity contribution < 1.29 is 0 Å². The zero-order chi connectivity index (χ0) is 12.3. The van der Waals surface area contributed by atoms with E-state index in [2.05, 4.69) is 30.2 Å². The minimum absolute atomic E-state index is 0.809. The number of nitrogens with one attached hydrogen (secondary N) is 2. The molecule has 0 radical (unpaired) electrons. The van der Waals surface area contributed by atoms with E-state index < -0.39 is 0 Å². The van der Waals surface area contributed by atoms with Gasteiger partial charge in [0.05, 0.1) is 10.5 Å². The van der Waals surface area contributed by atoms with Crippen molar-refractivity contribution in [2.45, 2.75) is 26.7 Å². The predicted octanol–water partition coefficient (Wildman–Crippen LogP) is 3.67. The summed E-state index contributed by atoms with van der Waals surface area (Å²) >= 11 is 6.18. The molecule has 2 nitrogen and oxygen atoms in total. The van der Waals surface area contributed by atoms with Crippen LogP contribution in [0.1, 0.15) is 24.6 Å². The molecular formula is C14H19ClN2. The van der Waals surface area contributed by atoms with E-state index in [1.807, 2.05) is 12.1 Å². The summed E-state index contributed by atoms with van der Waals surface area (Å²) < 4.78 is 0. The fourth-order valence-corrected chi connectivity index (χ4v) is 2.48. The highest BCUT2D eigenvalue weighted by molar-refractivity contribution is 6.35. The molecule has 2 aromatic rings. The van der Waals surface area contributed by atoms with Gasteiger partial charge in [0.1, 0.15) is 0 Å². The Hall–Kier alpha value is -0.990. The van der Waals surface area contributed by atoms with Gasteiger partial charge in [0, 0.05) is 11.1 Å². The van der Waals surface area contributed by atoms with Crippen LogP contribution in [0.5, 0.6) is 0 Å². The Morgan fingerprint density at radius 1 is 1.35 bits per heavy atom. The molecule has 0 fully saturated rings. The molecule has 0 aliphatic carbocycles. The smallest absolute Gasteiger partial charge is 0.0648 e. The Kier molecular flexibility index (Phi) is 4.08. The maximum atomic E-state index is 6.18. The molecule has 17 heavy (non-hydrogen) atoms. The lowest BCUT2D eigenvalue weighted by molar-refractivity contribution is 0.673. The standard InChI is InChI=1S/C14H19ClN2/c1-3-16-9-5-7-11-10(2)17-14-12(11)6-4-8-13(14)15/h4,6,8,16-17H,3,5,7,9H2,1-2H3. The normalized spacial score (nSPS) is 11.2. The van der Waals surface area contributed by atoms with Crippen LogP contribution in [0.25, 0.3) is 10.9 Å². The third-order valence-electron chi connectivity index (χ3n) is 3.13. The zero-order valence-electron chi connectivity index (χ0n) is 10.4. The van der Waals surface area contributed by atoms with Gasteiger partial charge in [0.25, 0.3) is 0 Å². The van der Waals surface area contributed by atoms with Crippen LogP contribution in [0, 0.1) is 6.92 Å². The highest BCUT2D eigenvalue weighted by Gasteiger charge is 2.09. The van der Waals surface area contributed by atoms with Crippen LogP contribution in [0.2, 0.25) is 5.02 Å². The lowest BCUT2D eigenvalue weighted by Crippen LogP contribution is -2.14. The van der Waals surface area contributed by atoms with E-state index in [4.69, 9.17) is 11.6 Å². The molecule has 0 spiro atoms. The molecule has 0 aliphatic rings. The molecule has 0 bridgehead atoms. The molecule has 0 aliphatic heterocycles. The van der Waals surface area contributed by atoms with Gasteiger partial charge in [-0.1, -0.05) is 30.7 Å². The number of aromatic amines is 1. The van der Waals surface area contributed by atoms with E-state index in [0.717, 1.165) is 36.5 Å². The Balaban J connectivity index is 2.21. The van der Waals surface area contributed by atoms with Gasteiger partial charge >= 0.3 is 0 Å². The number of para-hydroxylation sites is 1. The van der Waals surface area contributed by atoms with E-state index in [9.17, 15) is 0 Å². The van der Waals surface area contributed by atoms with Crippen molar-refractivity contribution in [1.29, 1.82) is 0 Å². The third kappa shape index (κ3) is 2.64. The maximum absolute atomic E-state index is 6.18. The van der Waals surface area contributed by atoms with Gasteiger partial charge in [-0.05, 0) is 44.5 Å². The topological polar surface area (TPSA) is 27.8 Å². The van der Waals surface area contributed by atoms with Crippen LogP contribution in [0.4, 0.5) is 0 Å². The summed E-state index contributed by atoms with van der Waals surface area (Å²) in [5, 5.41) is 5.43. The molecule has 0 atom stereocenters. The number of hydrogen-bond acceptors (Lipinski definition) is 1. The van der Waals surface area contributed by atoms with E-state index in [0.29, 0.717) is 0 Å². The summed E-state index contributed by atoms with van der Waals surface area (Å²) in [6.45, 7) is 6.37. The molecule has 1 aromatic heterocycles. The monoisotopic (exact) mass is 250 g/mol. The van der Waals surface area contributed by atoms with Crippen LogP contribution in [-0.2, 0) is 6.42 Å². The number of benzene rings is 1. The van der Waals surface area contributed by atoms with E-state index in [1.165, 1.54) is 16.6 Å². The molecule has 1 aromatic carbocycles. The van der Waals surface area contributed by atoms with Gasteiger partial charge < -0.3 is 10.3 Å². The fourth-order valence-electron chi connectivity index (χ4n) is 2.26. The van der Waals surface area contributed by atoms with Gasteiger partial charge in [0.2, 0.25) is 0 Å². The lowest BCUT2D eigenvalue weighted by atomic mass is 10.1. The Morgan fingerprint density at radius 3 is 2.94 bits per heavy atom. The second-order valence-corrected chi connectivity index (χ2v) is 4.76. The molecule has 2 N–H and O–H groups in total. The quantitative estimate of drug-likeness (QED) is 0.779. The molecule has 0 unspecified atom stereocenters. The minimum atomic E-state index is 0.809. The average Bonchev–Trinajstić information content (AvgIpc) is 2.63. The summed E-state index contributed by atoms with van der Waals surface area (Å²) in [5.74, 6) is 0. The van der Waals surface area contributed by atoms with Gasteiger partial charge in [-0.25, -0.2) is 0 Å². The average molecular weight is 251 g/mol. The Labute approximate surface area is 107 Å². The largest absolute Gasteiger partial charge is 0.357 e. The van der Waals surface area contributed by atoms with E-state index in [1.54, 1.807) is 0 Å². The van der Waals surface area contributed by atoms with Crippen molar-refractivity contribution in [3.8, 4) is 0 Å². The lowest BCUT2D eigenvalue weighted by Gasteiger charge is -2.02. The van der Waals surface area contributed by atoms with Gasteiger partial charge in [-0.15, -0.1) is 0 Å². The first kappa shape index (κ1) is 12.5. The zero-order valence-corrected chi connectivity index (χ0v) is 11.2. The Bertz CT molecular complexity index is 502. The fraction of sp³-hybridized carbons (Fsp3) is 0.429. The van der Waals surface area contributed by atoms with Crippen molar-refractivity contribution in [1.82, 2.24) is 10.3 Å². The highest BCUT2D eigenvalue weighted by atomic mass is 35.5.